The van der Waals surface area contributed by atoms with E-state index in [2.05, 4.69) is 53.4 Å². The largest absolute Gasteiger partial charge is 0.214 e. The summed E-state index contributed by atoms with van der Waals surface area (Å²) in [6, 6.07) is 8.21. The smallest absolute Gasteiger partial charge is 0.209 e. The molecule has 72 valence electrons. The maximum Gasteiger partial charge on any atom is 0.209 e. The normalized spacial score (nSPS) is 10.4. The molecule has 2 aromatic rings. The maximum absolute atomic E-state index is 4.24. The van der Waals surface area contributed by atoms with Gasteiger partial charge in [0.1, 0.15) is 5.01 Å². The Labute approximate surface area is 103 Å². The number of hydrogen-bond acceptors (Lipinski definition) is 3. The van der Waals surface area contributed by atoms with Gasteiger partial charge in [-0.3, -0.25) is 0 Å². The van der Waals surface area contributed by atoms with Crippen molar-refractivity contribution in [1.82, 2.24) is 9.36 Å². The highest BCUT2D eigenvalue weighted by molar-refractivity contribution is 9.10. The molecule has 0 N–H and O–H groups in total. The molecule has 2 rings (SSSR count). The zero-order chi connectivity index (χ0) is 9.97. The Morgan fingerprint density at radius 3 is 2.79 bits per heavy atom. The van der Waals surface area contributed by atoms with Crippen molar-refractivity contribution in [1.29, 1.82) is 0 Å². The van der Waals surface area contributed by atoms with Crippen molar-refractivity contribution in [2.75, 3.05) is 0 Å². The second kappa shape index (κ2) is 4.51. The van der Waals surface area contributed by atoms with E-state index >= 15 is 0 Å². The van der Waals surface area contributed by atoms with E-state index in [1.807, 2.05) is 12.1 Å². The summed E-state index contributed by atoms with van der Waals surface area (Å²) < 4.78 is 5.84. The zero-order valence-corrected chi connectivity index (χ0v) is 11.1. The van der Waals surface area contributed by atoms with Crippen LogP contribution in [0, 0.1) is 0 Å². The van der Waals surface area contributed by atoms with Gasteiger partial charge in [0.15, 0.2) is 0 Å². The summed E-state index contributed by atoms with van der Waals surface area (Å²) in [4.78, 5) is 4.24. The first-order chi connectivity index (χ1) is 6.74. The summed E-state index contributed by atoms with van der Waals surface area (Å²) in [5.41, 5.74) is 1.24. The van der Waals surface area contributed by atoms with Gasteiger partial charge in [0.05, 0.1) is 0 Å². The molecule has 0 saturated carbocycles. The van der Waals surface area contributed by atoms with E-state index in [9.17, 15) is 0 Å². The lowest BCUT2D eigenvalue weighted by Crippen LogP contribution is -1.86. The van der Waals surface area contributed by atoms with Gasteiger partial charge in [0.25, 0.3) is 0 Å². The highest BCUT2D eigenvalue weighted by atomic mass is 79.9. The van der Waals surface area contributed by atoms with Crippen LogP contribution >= 0.6 is 43.4 Å². The molecule has 2 nitrogen and oxygen atoms in total. The topological polar surface area (TPSA) is 25.8 Å². The van der Waals surface area contributed by atoms with Crippen molar-refractivity contribution < 1.29 is 0 Å². The summed E-state index contributed by atoms with van der Waals surface area (Å²) in [6.45, 7) is 0. The number of rotatable bonds is 2. The Morgan fingerprint density at radius 1 is 1.29 bits per heavy atom. The lowest BCUT2D eigenvalue weighted by molar-refractivity contribution is 1.10. The Bertz CT molecular complexity index is 442. The summed E-state index contributed by atoms with van der Waals surface area (Å²) >= 11 is 8.10. The highest BCUT2D eigenvalue weighted by Gasteiger charge is 2.02. The molecule has 0 bridgehead atoms. The Morgan fingerprint density at radius 2 is 2.14 bits per heavy atom. The average Bonchev–Trinajstić information content (AvgIpc) is 2.51. The standard InChI is InChI=1S/C9H6Br2N2S/c10-7-3-1-2-6(4-7)5-8-12-9(11)13-14-8/h1-4H,5H2. The molecule has 0 unspecified atom stereocenters. The van der Waals surface area contributed by atoms with Gasteiger partial charge >= 0.3 is 0 Å². The summed E-state index contributed by atoms with van der Waals surface area (Å²) in [5.74, 6) is 0. The molecule has 0 aliphatic carbocycles. The molecule has 1 aromatic heterocycles. The van der Waals surface area contributed by atoms with E-state index in [1.54, 1.807) is 0 Å². The monoisotopic (exact) mass is 332 g/mol. The second-order valence-electron chi connectivity index (χ2n) is 2.76. The Kier molecular flexibility index (Phi) is 3.30. The molecule has 14 heavy (non-hydrogen) atoms. The van der Waals surface area contributed by atoms with Gasteiger partial charge in [-0.25, -0.2) is 4.98 Å². The quantitative estimate of drug-likeness (QED) is 0.838. The van der Waals surface area contributed by atoms with Crippen LogP contribution in [0.1, 0.15) is 10.6 Å². The van der Waals surface area contributed by atoms with Crippen LogP contribution in [-0.2, 0) is 6.42 Å². The first kappa shape index (κ1) is 10.3. The van der Waals surface area contributed by atoms with E-state index in [1.165, 1.54) is 17.1 Å². The zero-order valence-electron chi connectivity index (χ0n) is 7.08. The van der Waals surface area contributed by atoms with E-state index < -0.39 is 0 Å². The Balaban J connectivity index is 2.18. The third-order valence-corrected chi connectivity index (χ3v) is 3.48. The first-order valence-corrected chi connectivity index (χ1v) is 6.32. The fourth-order valence-electron chi connectivity index (χ4n) is 1.13. The minimum absolute atomic E-state index is 0.674. The lowest BCUT2D eigenvalue weighted by Gasteiger charge is -1.97. The molecule has 0 atom stereocenters. The highest BCUT2D eigenvalue weighted by Crippen LogP contribution is 2.17. The molecule has 0 saturated heterocycles. The van der Waals surface area contributed by atoms with E-state index in [0.29, 0.717) is 4.73 Å². The molecular weight excluding hydrogens is 328 g/mol. The SMILES string of the molecule is Brc1cccc(Cc2nc(Br)ns2)c1. The third kappa shape index (κ3) is 2.62. The second-order valence-corrected chi connectivity index (χ2v) is 5.23. The van der Waals surface area contributed by atoms with Crippen LogP contribution in [0.25, 0.3) is 0 Å². The molecule has 1 aromatic carbocycles. The molecule has 5 heteroatoms. The van der Waals surface area contributed by atoms with Crippen molar-refractivity contribution in [2.45, 2.75) is 6.42 Å². The minimum Gasteiger partial charge on any atom is -0.214 e. The Hall–Kier alpha value is -0.260. The van der Waals surface area contributed by atoms with Crippen LogP contribution in [0.2, 0.25) is 0 Å². The number of benzene rings is 1. The van der Waals surface area contributed by atoms with Crippen molar-refractivity contribution in [3.63, 3.8) is 0 Å². The van der Waals surface area contributed by atoms with Gasteiger partial charge in [-0.15, -0.1) is 0 Å². The van der Waals surface area contributed by atoms with Crippen LogP contribution in [0.4, 0.5) is 0 Å². The van der Waals surface area contributed by atoms with Crippen molar-refractivity contribution in [3.05, 3.63) is 44.0 Å². The molecular formula is C9H6Br2N2S. The predicted octanol–water partition coefficient (Wildman–Crippen LogP) is 3.65. The van der Waals surface area contributed by atoms with Crippen LogP contribution in [0.15, 0.2) is 33.5 Å². The van der Waals surface area contributed by atoms with Gasteiger partial charge in [0.2, 0.25) is 4.73 Å². The molecule has 0 fully saturated rings. The van der Waals surface area contributed by atoms with Gasteiger partial charge < -0.3 is 0 Å². The van der Waals surface area contributed by atoms with Crippen LogP contribution < -0.4 is 0 Å². The lowest BCUT2D eigenvalue weighted by atomic mass is 10.2. The van der Waals surface area contributed by atoms with Gasteiger partial charge in [0, 0.05) is 10.9 Å². The summed E-state index contributed by atoms with van der Waals surface area (Å²) in [5, 5.41) is 1.02. The van der Waals surface area contributed by atoms with Gasteiger partial charge in [-0.1, -0.05) is 28.1 Å². The molecule has 0 spiro atoms. The minimum atomic E-state index is 0.674. The van der Waals surface area contributed by atoms with Crippen LogP contribution in [0.3, 0.4) is 0 Å². The number of halogens is 2. The molecule has 0 aliphatic heterocycles. The predicted molar refractivity (Wildman–Crippen MR) is 64.6 cm³/mol. The summed E-state index contributed by atoms with van der Waals surface area (Å²) in [7, 11) is 0. The average molecular weight is 334 g/mol. The molecule has 0 amide bonds. The molecule has 0 radical (unpaired) electrons. The van der Waals surface area contributed by atoms with Crippen molar-refractivity contribution in [3.8, 4) is 0 Å². The van der Waals surface area contributed by atoms with Gasteiger partial charge in [-0.2, -0.15) is 4.37 Å². The van der Waals surface area contributed by atoms with Crippen molar-refractivity contribution in [2.24, 2.45) is 0 Å². The molecule has 1 heterocycles. The van der Waals surface area contributed by atoms with Crippen LogP contribution in [0.5, 0.6) is 0 Å². The number of aromatic nitrogens is 2. The van der Waals surface area contributed by atoms with E-state index in [0.717, 1.165) is 15.9 Å². The number of nitrogens with zero attached hydrogens (tertiary/aromatic N) is 2. The van der Waals surface area contributed by atoms with Crippen molar-refractivity contribution >= 4 is 43.4 Å². The van der Waals surface area contributed by atoms with E-state index in [4.69, 9.17) is 0 Å². The first-order valence-electron chi connectivity index (χ1n) is 3.96. The fraction of sp³-hybridized carbons (Fsp3) is 0.111. The maximum atomic E-state index is 4.24. The third-order valence-electron chi connectivity index (χ3n) is 1.69. The summed E-state index contributed by atoms with van der Waals surface area (Å²) in [6.07, 6.45) is 0.836. The number of hydrogen-bond donors (Lipinski definition) is 0. The molecule has 0 aliphatic rings. The van der Waals surface area contributed by atoms with E-state index in [-0.39, 0.29) is 0 Å². The van der Waals surface area contributed by atoms with Gasteiger partial charge in [-0.05, 0) is 45.2 Å². The van der Waals surface area contributed by atoms with Crippen LogP contribution in [-0.4, -0.2) is 9.36 Å². The fourth-order valence-corrected chi connectivity index (χ4v) is 2.70.